The lowest BCUT2D eigenvalue weighted by atomic mass is 10.0. The molecular formula is C27H28N4O2. The summed E-state index contributed by atoms with van der Waals surface area (Å²) in [5.74, 6) is -0.920. The van der Waals surface area contributed by atoms with Gasteiger partial charge in [-0.15, -0.1) is 0 Å². The van der Waals surface area contributed by atoms with Crippen LogP contribution in [0.1, 0.15) is 15.9 Å². The largest absolute Gasteiger partial charge is 0.478 e. The van der Waals surface area contributed by atoms with Gasteiger partial charge in [-0.25, -0.2) is 9.78 Å². The van der Waals surface area contributed by atoms with Crippen molar-refractivity contribution >= 4 is 17.0 Å². The molecule has 4 aromatic rings. The first-order valence-corrected chi connectivity index (χ1v) is 11.4. The zero-order valence-electron chi connectivity index (χ0n) is 18.8. The summed E-state index contributed by atoms with van der Waals surface area (Å²) in [7, 11) is 2.19. The number of rotatable bonds is 6. The van der Waals surface area contributed by atoms with Crippen molar-refractivity contribution in [2.24, 2.45) is 0 Å². The van der Waals surface area contributed by atoms with Crippen molar-refractivity contribution < 1.29 is 9.90 Å². The highest BCUT2D eigenvalue weighted by Crippen LogP contribution is 2.31. The van der Waals surface area contributed by atoms with Gasteiger partial charge in [0.15, 0.2) is 0 Å². The van der Waals surface area contributed by atoms with Crippen molar-refractivity contribution in [3.05, 3.63) is 78.1 Å². The highest BCUT2D eigenvalue weighted by Gasteiger charge is 2.14. The molecule has 1 saturated heterocycles. The van der Waals surface area contributed by atoms with E-state index in [4.69, 9.17) is 5.11 Å². The molecule has 6 nitrogen and oxygen atoms in total. The van der Waals surface area contributed by atoms with Gasteiger partial charge in [-0.2, -0.15) is 0 Å². The number of aromatic amines is 1. The number of aromatic nitrogens is 2. The summed E-state index contributed by atoms with van der Waals surface area (Å²) in [6.45, 7) is 5.71. The third-order valence-electron chi connectivity index (χ3n) is 6.57. The number of benzene rings is 2. The van der Waals surface area contributed by atoms with E-state index >= 15 is 0 Å². The van der Waals surface area contributed by atoms with Crippen molar-refractivity contribution in [3.63, 3.8) is 0 Å². The van der Waals surface area contributed by atoms with Crippen LogP contribution in [0.5, 0.6) is 0 Å². The summed E-state index contributed by atoms with van der Waals surface area (Å²) in [6.07, 6.45) is 4.89. The molecule has 168 valence electrons. The maximum atomic E-state index is 11.1. The summed E-state index contributed by atoms with van der Waals surface area (Å²) in [6, 6.07) is 17.9. The first-order chi connectivity index (χ1) is 16.1. The van der Waals surface area contributed by atoms with E-state index in [0.717, 1.165) is 72.4 Å². The zero-order chi connectivity index (χ0) is 22.8. The lowest BCUT2D eigenvalue weighted by molar-refractivity contribution is 0.0697. The van der Waals surface area contributed by atoms with Crippen LogP contribution in [0.2, 0.25) is 0 Å². The molecule has 1 fully saturated rings. The zero-order valence-corrected chi connectivity index (χ0v) is 18.8. The number of piperazine rings is 1. The van der Waals surface area contributed by atoms with E-state index in [2.05, 4.69) is 57.1 Å². The average molecular weight is 441 g/mol. The van der Waals surface area contributed by atoms with Crippen LogP contribution in [0.4, 0.5) is 0 Å². The van der Waals surface area contributed by atoms with E-state index in [1.165, 1.54) is 5.56 Å². The molecule has 0 spiro atoms. The summed E-state index contributed by atoms with van der Waals surface area (Å²) in [5.41, 5.74) is 6.64. The van der Waals surface area contributed by atoms with Crippen LogP contribution in [0.3, 0.4) is 0 Å². The SMILES string of the molecule is CN1CCN(CCc2ccc(-c3cnc4[nH]cc(-c5ccc(C(=O)O)cc5)c4c3)cc2)CC1. The quantitative estimate of drug-likeness (QED) is 0.465. The number of aromatic carboxylic acids is 1. The molecule has 0 amide bonds. The van der Waals surface area contributed by atoms with E-state index in [1.54, 1.807) is 12.1 Å². The number of likely N-dealkylation sites (N-methyl/N-ethyl adjacent to an activating group) is 1. The monoisotopic (exact) mass is 440 g/mol. The molecule has 6 heteroatoms. The number of hydrogen-bond acceptors (Lipinski definition) is 4. The fraction of sp³-hybridized carbons (Fsp3) is 0.259. The molecule has 0 radical (unpaired) electrons. The Bertz CT molecular complexity index is 1250. The van der Waals surface area contributed by atoms with Crippen LogP contribution in [0, 0.1) is 0 Å². The molecule has 0 saturated carbocycles. The van der Waals surface area contributed by atoms with Gasteiger partial charge in [0.25, 0.3) is 0 Å². The predicted molar refractivity (Wildman–Crippen MR) is 132 cm³/mol. The molecular weight excluding hydrogens is 412 g/mol. The van der Waals surface area contributed by atoms with Crippen molar-refractivity contribution in [3.8, 4) is 22.3 Å². The van der Waals surface area contributed by atoms with Crippen molar-refractivity contribution in [1.29, 1.82) is 0 Å². The van der Waals surface area contributed by atoms with E-state index in [-0.39, 0.29) is 5.56 Å². The summed E-state index contributed by atoms with van der Waals surface area (Å²) < 4.78 is 0. The van der Waals surface area contributed by atoms with Crippen LogP contribution in [0.25, 0.3) is 33.3 Å². The van der Waals surface area contributed by atoms with Crippen LogP contribution in [-0.4, -0.2) is 70.6 Å². The highest BCUT2D eigenvalue weighted by atomic mass is 16.4. The molecule has 0 aliphatic carbocycles. The smallest absolute Gasteiger partial charge is 0.335 e. The van der Waals surface area contributed by atoms with E-state index in [9.17, 15) is 4.79 Å². The number of fused-ring (bicyclic) bond motifs is 1. The van der Waals surface area contributed by atoms with Gasteiger partial charge < -0.3 is 19.9 Å². The molecule has 1 aliphatic rings. The van der Waals surface area contributed by atoms with Crippen molar-refractivity contribution in [1.82, 2.24) is 19.8 Å². The van der Waals surface area contributed by atoms with E-state index in [1.807, 2.05) is 24.5 Å². The molecule has 0 atom stereocenters. The lowest BCUT2D eigenvalue weighted by Gasteiger charge is -2.32. The number of carboxylic acids is 1. The second kappa shape index (κ2) is 9.17. The van der Waals surface area contributed by atoms with Gasteiger partial charge in [0.2, 0.25) is 0 Å². The van der Waals surface area contributed by atoms with Crippen LogP contribution >= 0.6 is 0 Å². The lowest BCUT2D eigenvalue weighted by Crippen LogP contribution is -2.45. The Kier molecular flexibility index (Phi) is 5.94. The molecule has 0 bridgehead atoms. The molecule has 33 heavy (non-hydrogen) atoms. The fourth-order valence-corrected chi connectivity index (χ4v) is 4.41. The number of carbonyl (C=O) groups is 1. The Morgan fingerprint density at radius 1 is 0.970 bits per heavy atom. The van der Waals surface area contributed by atoms with Crippen molar-refractivity contribution in [2.75, 3.05) is 39.8 Å². The molecule has 5 rings (SSSR count). The molecule has 2 aromatic carbocycles. The van der Waals surface area contributed by atoms with Gasteiger partial charge in [-0.1, -0.05) is 36.4 Å². The second-order valence-corrected chi connectivity index (χ2v) is 8.80. The molecule has 0 unspecified atom stereocenters. The number of carboxylic acid groups (broad SMARTS) is 1. The average Bonchev–Trinajstić information content (AvgIpc) is 3.27. The number of nitrogens with zero attached hydrogens (tertiary/aromatic N) is 3. The van der Waals surface area contributed by atoms with Crippen LogP contribution in [-0.2, 0) is 6.42 Å². The van der Waals surface area contributed by atoms with Crippen molar-refractivity contribution in [2.45, 2.75) is 6.42 Å². The Morgan fingerprint density at radius 2 is 1.67 bits per heavy atom. The van der Waals surface area contributed by atoms with E-state index < -0.39 is 5.97 Å². The molecule has 3 heterocycles. The van der Waals surface area contributed by atoms with Gasteiger partial charge in [-0.05, 0) is 48.4 Å². The number of hydrogen-bond donors (Lipinski definition) is 2. The van der Waals surface area contributed by atoms with Crippen LogP contribution in [0.15, 0.2) is 67.0 Å². The molecule has 2 aromatic heterocycles. The third kappa shape index (κ3) is 4.67. The predicted octanol–water partition coefficient (Wildman–Crippen LogP) is 4.39. The summed E-state index contributed by atoms with van der Waals surface area (Å²) >= 11 is 0. The minimum atomic E-state index is -0.920. The first kappa shape index (κ1) is 21.4. The Balaban J connectivity index is 1.33. The van der Waals surface area contributed by atoms with Gasteiger partial charge in [-0.3, -0.25) is 0 Å². The topological polar surface area (TPSA) is 72.5 Å². The number of pyridine rings is 1. The third-order valence-corrected chi connectivity index (χ3v) is 6.57. The Morgan fingerprint density at radius 3 is 2.36 bits per heavy atom. The Hall–Kier alpha value is -3.48. The minimum Gasteiger partial charge on any atom is -0.478 e. The van der Waals surface area contributed by atoms with Gasteiger partial charge in [0.05, 0.1) is 5.56 Å². The number of nitrogens with one attached hydrogen (secondary N) is 1. The summed E-state index contributed by atoms with van der Waals surface area (Å²) in [4.78, 5) is 23.9. The van der Waals surface area contributed by atoms with Gasteiger partial charge in [0, 0.05) is 61.6 Å². The maximum Gasteiger partial charge on any atom is 0.335 e. The molecule has 2 N–H and O–H groups in total. The normalized spacial score (nSPS) is 15.2. The Labute approximate surface area is 193 Å². The first-order valence-electron chi connectivity index (χ1n) is 11.4. The fourth-order valence-electron chi connectivity index (χ4n) is 4.41. The van der Waals surface area contributed by atoms with E-state index in [0.29, 0.717) is 0 Å². The van der Waals surface area contributed by atoms with Crippen LogP contribution < -0.4 is 0 Å². The standard InChI is InChI=1S/C27H28N4O2/c1-30-12-14-31(15-13-30)11-10-19-2-4-20(5-3-19)23-16-24-25(18-29-26(24)28-17-23)21-6-8-22(9-7-21)27(32)33/h2-9,16-18H,10-15H2,1H3,(H,28,29)(H,32,33). The van der Waals surface area contributed by atoms with Gasteiger partial charge >= 0.3 is 5.97 Å². The minimum absolute atomic E-state index is 0.283. The highest BCUT2D eigenvalue weighted by molar-refractivity contribution is 5.96. The second-order valence-electron chi connectivity index (χ2n) is 8.80. The maximum absolute atomic E-state index is 11.1. The molecule has 1 aliphatic heterocycles. The van der Waals surface area contributed by atoms with Gasteiger partial charge in [0.1, 0.15) is 5.65 Å². The number of H-pyrrole nitrogens is 1. The summed E-state index contributed by atoms with van der Waals surface area (Å²) in [5, 5.41) is 10.2.